The zero-order valence-corrected chi connectivity index (χ0v) is 9.34. The lowest BCUT2D eigenvalue weighted by Crippen LogP contribution is -2.13. The summed E-state index contributed by atoms with van der Waals surface area (Å²) in [5.74, 6) is 0. The minimum atomic E-state index is -3.62. The largest absolute Gasteiger partial charge is 0.392 e. The number of likely N-dealkylation sites (N-methyl/N-ethyl adjacent to an activating group) is 1. The van der Waals surface area contributed by atoms with Gasteiger partial charge in [0.25, 0.3) is 0 Å². The maximum absolute atomic E-state index is 11.1. The van der Waals surface area contributed by atoms with Gasteiger partial charge in [-0.1, -0.05) is 18.7 Å². The average molecular weight is 226 g/mol. The van der Waals surface area contributed by atoms with E-state index in [1.54, 1.807) is 19.2 Å². The van der Waals surface area contributed by atoms with Gasteiger partial charge in [0, 0.05) is 19.2 Å². The van der Waals surface area contributed by atoms with Crippen LogP contribution in [0.25, 0.3) is 0 Å². The van der Waals surface area contributed by atoms with Crippen molar-refractivity contribution in [3.8, 4) is 0 Å². The smallest absolute Gasteiger partial charge is 0.238 e. The van der Waals surface area contributed by atoms with E-state index in [1.807, 2.05) is 6.07 Å². The van der Waals surface area contributed by atoms with Crippen LogP contribution in [0.5, 0.6) is 0 Å². The zero-order valence-electron chi connectivity index (χ0n) is 8.53. The third-order valence-electron chi connectivity index (χ3n) is 2.00. The van der Waals surface area contributed by atoms with Gasteiger partial charge in [0.2, 0.25) is 10.0 Å². The summed E-state index contributed by atoms with van der Waals surface area (Å²) in [6.45, 7) is 3.77. The molecule has 0 amide bonds. The van der Waals surface area contributed by atoms with Crippen LogP contribution in [0.4, 0.5) is 0 Å². The summed E-state index contributed by atoms with van der Waals surface area (Å²) in [5, 5.41) is 7.92. The number of allylic oxidation sites excluding steroid dienone is 1. The molecule has 0 bridgehead atoms. The van der Waals surface area contributed by atoms with Crippen LogP contribution in [-0.2, 0) is 16.4 Å². The highest BCUT2D eigenvalue weighted by Crippen LogP contribution is 2.11. The molecule has 0 fully saturated rings. The monoisotopic (exact) mass is 226 g/mol. The molecule has 0 heterocycles. The number of sulfonamides is 1. The first-order valence-electron chi connectivity index (χ1n) is 4.41. The summed E-state index contributed by atoms with van der Waals surface area (Å²) in [7, 11) is -1.85. The highest BCUT2D eigenvalue weighted by atomic mass is 32.2. The molecule has 0 unspecified atom stereocenters. The van der Waals surface area contributed by atoms with Crippen molar-refractivity contribution in [3.05, 3.63) is 42.1 Å². The summed E-state index contributed by atoms with van der Waals surface area (Å²) < 4.78 is 22.2. The number of hydrogen-bond donors (Lipinski definition) is 2. The number of primary sulfonamides is 1. The van der Waals surface area contributed by atoms with Gasteiger partial charge >= 0.3 is 0 Å². The quantitative estimate of drug-likeness (QED) is 0.790. The molecule has 1 aromatic carbocycles. The molecule has 3 N–H and O–H groups in total. The zero-order chi connectivity index (χ0) is 11.5. The van der Waals surface area contributed by atoms with E-state index in [0.29, 0.717) is 6.42 Å². The van der Waals surface area contributed by atoms with Gasteiger partial charge in [0.15, 0.2) is 0 Å². The lowest BCUT2D eigenvalue weighted by atomic mass is 10.1. The fourth-order valence-electron chi connectivity index (χ4n) is 1.17. The maximum Gasteiger partial charge on any atom is 0.238 e. The van der Waals surface area contributed by atoms with Crippen molar-refractivity contribution >= 4 is 10.0 Å². The lowest BCUT2D eigenvalue weighted by Gasteiger charge is -2.06. The van der Waals surface area contributed by atoms with Crippen LogP contribution >= 0.6 is 0 Å². The third-order valence-corrected chi connectivity index (χ3v) is 2.91. The van der Waals surface area contributed by atoms with Gasteiger partial charge in [-0.2, -0.15) is 0 Å². The number of nitrogens with two attached hydrogens (primary N) is 1. The van der Waals surface area contributed by atoms with Crippen LogP contribution < -0.4 is 10.5 Å². The lowest BCUT2D eigenvalue weighted by molar-refractivity contribution is 0.597. The fraction of sp³-hybridized carbons (Fsp3) is 0.200. The standard InChI is InChI=1S/C10H14N2O2S/c1-8(12-2)6-9-4-3-5-10(7-9)15(11,13)14/h3-5,7,12H,1,6H2,2H3,(H2,11,13,14). The van der Waals surface area contributed by atoms with Crippen molar-refractivity contribution in [2.75, 3.05) is 7.05 Å². The van der Waals surface area contributed by atoms with Gasteiger partial charge in [-0.25, -0.2) is 13.6 Å². The fourth-order valence-corrected chi connectivity index (χ4v) is 1.75. The molecule has 0 atom stereocenters. The number of nitrogens with one attached hydrogen (secondary N) is 1. The molecule has 4 nitrogen and oxygen atoms in total. The second-order valence-electron chi connectivity index (χ2n) is 3.22. The first-order valence-corrected chi connectivity index (χ1v) is 5.95. The van der Waals surface area contributed by atoms with Crippen molar-refractivity contribution in [3.63, 3.8) is 0 Å². The summed E-state index contributed by atoms with van der Waals surface area (Å²) in [4.78, 5) is 0.129. The van der Waals surface area contributed by atoms with Gasteiger partial charge in [-0.3, -0.25) is 0 Å². The highest BCUT2D eigenvalue weighted by molar-refractivity contribution is 7.89. The Hall–Kier alpha value is -1.33. The Labute approximate surface area is 89.9 Å². The molecule has 0 saturated heterocycles. The summed E-state index contributed by atoms with van der Waals surface area (Å²) >= 11 is 0. The number of benzene rings is 1. The second-order valence-corrected chi connectivity index (χ2v) is 4.78. The molecule has 82 valence electrons. The molecule has 1 aromatic rings. The average Bonchev–Trinajstić information content (AvgIpc) is 2.17. The van der Waals surface area contributed by atoms with Crippen LogP contribution in [0.2, 0.25) is 0 Å². The Bertz CT molecular complexity index is 466. The first kappa shape index (κ1) is 11.7. The SMILES string of the molecule is C=C(Cc1cccc(S(N)(=O)=O)c1)NC. The predicted molar refractivity (Wildman–Crippen MR) is 59.7 cm³/mol. The number of hydrogen-bond acceptors (Lipinski definition) is 3. The normalized spacial score (nSPS) is 11.1. The van der Waals surface area contributed by atoms with E-state index < -0.39 is 10.0 Å². The minimum absolute atomic E-state index is 0.129. The molecule has 0 aliphatic rings. The molecule has 0 aliphatic carbocycles. The Morgan fingerprint density at radius 2 is 2.20 bits per heavy atom. The van der Waals surface area contributed by atoms with E-state index in [9.17, 15) is 8.42 Å². The van der Waals surface area contributed by atoms with Crippen LogP contribution in [0, 0.1) is 0 Å². The van der Waals surface area contributed by atoms with Crippen molar-refractivity contribution in [1.82, 2.24) is 5.32 Å². The summed E-state index contributed by atoms with van der Waals surface area (Å²) in [5.41, 5.74) is 1.68. The van der Waals surface area contributed by atoms with E-state index in [0.717, 1.165) is 11.3 Å². The first-order chi connectivity index (χ1) is 6.93. The van der Waals surface area contributed by atoms with Gasteiger partial charge < -0.3 is 5.32 Å². The Kier molecular flexibility index (Phi) is 3.49. The Morgan fingerprint density at radius 1 is 1.53 bits per heavy atom. The second kappa shape index (κ2) is 4.46. The molecule has 15 heavy (non-hydrogen) atoms. The van der Waals surface area contributed by atoms with Crippen molar-refractivity contribution in [1.29, 1.82) is 0 Å². The van der Waals surface area contributed by atoms with Crippen LogP contribution in [0.15, 0.2) is 41.4 Å². The Balaban J connectivity index is 2.99. The summed E-state index contributed by atoms with van der Waals surface area (Å²) in [6.07, 6.45) is 0.583. The molecule has 5 heteroatoms. The van der Waals surface area contributed by atoms with Crippen LogP contribution in [0.1, 0.15) is 5.56 Å². The van der Waals surface area contributed by atoms with Crippen molar-refractivity contribution in [2.24, 2.45) is 5.14 Å². The van der Waals surface area contributed by atoms with Crippen molar-refractivity contribution in [2.45, 2.75) is 11.3 Å². The molecule has 1 rings (SSSR count). The number of rotatable bonds is 4. The maximum atomic E-state index is 11.1. The van der Waals surface area contributed by atoms with E-state index in [2.05, 4.69) is 11.9 Å². The molecule has 0 saturated carbocycles. The van der Waals surface area contributed by atoms with Gasteiger partial charge in [-0.15, -0.1) is 0 Å². The van der Waals surface area contributed by atoms with E-state index >= 15 is 0 Å². The molecular weight excluding hydrogens is 212 g/mol. The van der Waals surface area contributed by atoms with Crippen molar-refractivity contribution < 1.29 is 8.42 Å². The predicted octanol–water partition coefficient (Wildman–Crippen LogP) is 0.610. The molecule has 0 spiro atoms. The van der Waals surface area contributed by atoms with Crippen LogP contribution in [-0.4, -0.2) is 15.5 Å². The van der Waals surface area contributed by atoms with Crippen LogP contribution in [0.3, 0.4) is 0 Å². The van der Waals surface area contributed by atoms with Gasteiger partial charge in [-0.05, 0) is 17.7 Å². The van der Waals surface area contributed by atoms with Gasteiger partial charge in [0.05, 0.1) is 4.90 Å². The van der Waals surface area contributed by atoms with Gasteiger partial charge in [0.1, 0.15) is 0 Å². The third kappa shape index (κ3) is 3.38. The minimum Gasteiger partial charge on any atom is -0.392 e. The Morgan fingerprint density at radius 3 is 2.73 bits per heavy atom. The van der Waals surface area contributed by atoms with E-state index in [4.69, 9.17) is 5.14 Å². The summed E-state index contributed by atoms with van der Waals surface area (Å²) in [6, 6.07) is 6.52. The molecule has 0 aromatic heterocycles. The topological polar surface area (TPSA) is 72.2 Å². The molecular formula is C10H14N2O2S. The highest BCUT2D eigenvalue weighted by Gasteiger charge is 2.07. The molecule has 0 radical (unpaired) electrons. The molecule has 0 aliphatic heterocycles. The van der Waals surface area contributed by atoms with E-state index in [1.165, 1.54) is 6.07 Å². The van der Waals surface area contributed by atoms with E-state index in [-0.39, 0.29) is 4.90 Å².